The van der Waals surface area contributed by atoms with E-state index in [1.165, 1.54) is 6.26 Å². The van der Waals surface area contributed by atoms with E-state index in [2.05, 4.69) is 11.9 Å². The minimum Gasteiger partial charge on any atom is -0.489 e. The summed E-state index contributed by atoms with van der Waals surface area (Å²) in [5.74, 6) is 0.663. The van der Waals surface area contributed by atoms with Crippen LogP contribution in [-0.4, -0.2) is 12.5 Å². The van der Waals surface area contributed by atoms with E-state index in [0.29, 0.717) is 18.0 Å². The number of carbonyl (C=O) groups is 1. The maximum atomic E-state index is 11.8. The van der Waals surface area contributed by atoms with E-state index in [1.54, 1.807) is 24.3 Å². The lowest BCUT2D eigenvalue weighted by molar-refractivity contribution is 0.0996. The Balaban J connectivity index is 2.02. The van der Waals surface area contributed by atoms with Gasteiger partial charge >= 0.3 is 0 Å². The van der Waals surface area contributed by atoms with Crippen LogP contribution in [0.15, 0.2) is 59.2 Å². The molecule has 0 atom stereocenters. The van der Waals surface area contributed by atoms with Gasteiger partial charge in [0.25, 0.3) is 5.91 Å². The Morgan fingerprint density at radius 3 is 2.89 bits per heavy atom. The van der Waals surface area contributed by atoms with Crippen molar-refractivity contribution in [2.24, 2.45) is 0 Å². The Kier molecular flexibility index (Phi) is 4.03. The zero-order valence-electron chi connectivity index (χ0n) is 10.7. The molecule has 19 heavy (non-hydrogen) atoms. The van der Waals surface area contributed by atoms with E-state index < -0.39 is 0 Å². The van der Waals surface area contributed by atoms with Crippen molar-refractivity contribution < 1.29 is 13.9 Å². The van der Waals surface area contributed by atoms with Crippen molar-refractivity contribution in [3.05, 3.63) is 60.6 Å². The molecule has 1 aromatic carbocycles. The summed E-state index contributed by atoms with van der Waals surface area (Å²) in [6, 6.07) is 10.5. The van der Waals surface area contributed by atoms with Crippen LogP contribution in [-0.2, 0) is 0 Å². The summed E-state index contributed by atoms with van der Waals surface area (Å²) in [5.41, 5.74) is 1.59. The SMILES string of the molecule is C=C(C)COc1cccc(NC(=O)c2ccco2)c1. The number of furan rings is 1. The Labute approximate surface area is 111 Å². The highest BCUT2D eigenvalue weighted by Gasteiger charge is 2.08. The second kappa shape index (κ2) is 5.91. The number of ether oxygens (including phenoxy) is 1. The highest BCUT2D eigenvalue weighted by Crippen LogP contribution is 2.18. The zero-order chi connectivity index (χ0) is 13.7. The molecule has 1 aromatic heterocycles. The van der Waals surface area contributed by atoms with E-state index in [0.717, 1.165) is 5.57 Å². The fourth-order valence-electron chi connectivity index (χ4n) is 1.47. The van der Waals surface area contributed by atoms with Crippen LogP contribution in [0.1, 0.15) is 17.5 Å². The molecule has 2 rings (SSSR count). The molecule has 0 spiro atoms. The van der Waals surface area contributed by atoms with Crippen LogP contribution < -0.4 is 10.1 Å². The molecule has 4 heteroatoms. The first kappa shape index (κ1) is 13.0. The maximum absolute atomic E-state index is 11.8. The van der Waals surface area contributed by atoms with Crippen molar-refractivity contribution in [1.82, 2.24) is 0 Å². The van der Waals surface area contributed by atoms with Gasteiger partial charge in [-0.15, -0.1) is 0 Å². The molecule has 98 valence electrons. The number of amides is 1. The van der Waals surface area contributed by atoms with Gasteiger partial charge in [-0.2, -0.15) is 0 Å². The Hall–Kier alpha value is -2.49. The number of hydrogen-bond donors (Lipinski definition) is 1. The molecular weight excluding hydrogens is 242 g/mol. The van der Waals surface area contributed by atoms with E-state index in [1.807, 2.05) is 19.1 Å². The van der Waals surface area contributed by atoms with Crippen LogP contribution in [0.5, 0.6) is 5.75 Å². The smallest absolute Gasteiger partial charge is 0.291 e. The number of nitrogens with one attached hydrogen (secondary N) is 1. The van der Waals surface area contributed by atoms with Crippen molar-refractivity contribution in [2.45, 2.75) is 6.92 Å². The third-order valence-electron chi connectivity index (χ3n) is 2.32. The van der Waals surface area contributed by atoms with Gasteiger partial charge in [0.1, 0.15) is 12.4 Å². The molecule has 0 unspecified atom stereocenters. The van der Waals surface area contributed by atoms with Crippen LogP contribution >= 0.6 is 0 Å². The molecule has 0 radical (unpaired) electrons. The maximum Gasteiger partial charge on any atom is 0.291 e. The van der Waals surface area contributed by atoms with Gasteiger partial charge in [-0.05, 0) is 36.8 Å². The van der Waals surface area contributed by atoms with Crippen LogP contribution in [0.3, 0.4) is 0 Å². The first-order valence-corrected chi connectivity index (χ1v) is 5.87. The third-order valence-corrected chi connectivity index (χ3v) is 2.32. The van der Waals surface area contributed by atoms with E-state index in [4.69, 9.17) is 9.15 Å². The molecule has 4 nitrogen and oxygen atoms in total. The first-order valence-electron chi connectivity index (χ1n) is 5.87. The molecular formula is C15H15NO3. The molecule has 0 aliphatic carbocycles. The highest BCUT2D eigenvalue weighted by molar-refractivity contribution is 6.02. The number of anilines is 1. The van der Waals surface area contributed by atoms with Crippen molar-refractivity contribution in [2.75, 3.05) is 11.9 Å². The zero-order valence-corrected chi connectivity index (χ0v) is 10.7. The second-order valence-corrected chi connectivity index (χ2v) is 4.21. The molecule has 1 amide bonds. The molecule has 0 saturated heterocycles. The average Bonchev–Trinajstić information content (AvgIpc) is 2.91. The molecule has 0 fully saturated rings. The number of carbonyl (C=O) groups excluding carboxylic acids is 1. The molecule has 1 N–H and O–H groups in total. The molecule has 0 bridgehead atoms. The van der Waals surface area contributed by atoms with Gasteiger partial charge in [-0.3, -0.25) is 4.79 Å². The van der Waals surface area contributed by atoms with Crippen LogP contribution in [0.4, 0.5) is 5.69 Å². The van der Waals surface area contributed by atoms with Crippen molar-refractivity contribution in [1.29, 1.82) is 0 Å². The summed E-state index contributed by atoms with van der Waals surface area (Å²) in [6.07, 6.45) is 1.46. The summed E-state index contributed by atoms with van der Waals surface area (Å²) in [5, 5.41) is 2.74. The Morgan fingerprint density at radius 1 is 1.37 bits per heavy atom. The summed E-state index contributed by atoms with van der Waals surface area (Å²) >= 11 is 0. The van der Waals surface area contributed by atoms with Crippen molar-refractivity contribution >= 4 is 11.6 Å². The van der Waals surface area contributed by atoms with Crippen molar-refractivity contribution in [3.8, 4) is 5.75 Å². The van der Waals surface area contributed by atoms with Crippen LogP contribution in [0.25, 0.3) is 0 Å². The lowest BCUT2D eigenvalue weighted by atomic mass is 10.3. The molecule has 2 aromatic rings. The van der Waals surface area contributed by atoms with Crippen molar-refractivity contribution in [3.63, 3.8) is 0 Å². The van der Waals surface area contributed by atoms with Crippen LogP contribution in [0, 0.1) is 0 Å². The summed E-state index contributed by atoms with van der Waals surface area (Å²) in [6.45, 7) is 6.11. The summed E-state index contributed by atoms with van der Waals surface area (Å²) < 4.78 is 10.5. The highest BCUT2D eigenvalue weighted by atomic mass is 16.5. The molecule has 0 aliphatic heterocycles. The van der Waals surface area contributed by atoms with Gasteiger partial charge in [0.15, 0.2) is 5.76 Å². The lowest BCUT2D eigenvalue weighted by Gasteiger charge is -2.08. The molecule has 0 aliphatic rings. The third kappa shape index (κ3) is 3.74. The van der Waals surface area contributed by atoms with E-state index in [9.17, 15) is 4.79 Å². The van der Waals surface area contributed by atoms with Gasteiger partial charge in [0, 0.05) is 11.8 Å². The lowest BCUT2D eigenvalue weighted by Crippen LogP contribution is -2.10. The monoisotopic (exact) mass is 257 g/mol. The predicted octanol–water partition coefficient (Wildman–Crippen LogP) is 3.49. The van der Waals surface area contributed by atoms with E-state index in [-0.39, 0.29) is 11.7 Å². The molecule has 0 saturated carbocycles. The fourth-order valence-corrected chi connectivity index (χ4v) is 1.47. The number of hydrogen-bond acceptors (Lipinski definition) is 3. The minimum absolute atomic E-state index is 0.272. The van der Waals surface area contributed by atoms with Gasteiger partial charge in [-0.1, -0.05) is 12.6 Å². The Morgan fingerprint density at radius 2 is 2.21 bits per heavy atom. The summed E-state index contributed by atoms with van der Waals surface area (Å²) in [7, 11) is 0. The molecule has 1 heterocycles. The van der Waals surface area contributed by atoms with Gasteiger partial charge in [0.05, 0.1) is 6.26 Å². The largest absolute Gasteiger partial charge is 0.489 e. The second-order valence-electron chi connectivity index (χ2n) is 4.21. The topological polar surface area (TPSA) is 51.5 Å². The van der Waals surface area contributed by atoms with Gasteiger partial charge < -0.3 is 14.5 Å². The average molecular weight is 257 g/mol. The fraction of sp³-hybridized carbons (Fsp3) is 0.133. The standard InChI is InChI=1S/C15H15NO3/c1-11(2)10-19-13-6-3-5-12(9-13)16-15(17)14-7-4-8-18-14/h3-9H,1,10H2,2H3,(H,16,17). The summed E-state index contributed by atoms with van der Waals surface area (Å²) in [4.78, 5) is 11.8. The minimum atomic E-state index is -0.290. The van der Waals surface area contributed by atoms with Crippen LogP contribution in [0.2, 0.25) is 0 Å². The van der Waals surface area contributed by atoms with Gasteiger partial charge in [-0.25, -0.2) is 0 Å². The quantitative estimate of drug-likeness (QED) is 0.834. The number of rotatable bonds is 5. The Bertz CT molecular complexity index is 573. The predicted molar refractivity (Wildman–Crippen MR) is 73.4 cm³/mol. The van der Waals surface area contributed by atoms with Gasteiger partial charge in [0.2, 0.25) is 0 Å². The van der Waals surface area contributed by atoms with E-state index >= 15 is 0 Å². The normalized spacial score (nSPS) is 9.95. The number of benzene rings is 1. The first-order chi connectivity index (χ1) is 9.15.